The number of likely N-dealkylation sites (N-methyl/N-ethyl adjacent to an activating group) is 1. The molecular formula is C23H24BrN3O4. The van der Waals surface area contributed by atoms with Crippen molar-refractivity contribution in [1.29, 1.82) is 0 Å². The fourth-order valence-corrected chi connectivity index (χ4v) is 6.94. The van der Waals surface area contributed by atoms with Crippen LogP contribution in [0.5, 0.6) is 0 Å². The number of carbonyl (C=O) groups excluding carboxylic acids is 2. The molecule has 1 saturated heterocycles. The second-order valence-corrected chi connectivity index (χ2v) is 9.17. The minimum atomic E-state index is -1.06. The molecule has 0 aromatic heterocycles. The summed E-state index contributed by atoms with van der Waals surface area (Å²) in [5, 5.41) is 13.7. The third-order valence-corrected chi connectivity index (χ3v) is 7.96. The third-order valence-electron chi connectivity index (χ3n) is 7.30. The van der Waals surface area contributed by atoms with Crippen molar-refractivity contribution < 1.29 is 19.4 Å². The number of aliphatic hydroxyl groups is 1. The number of methoxy groups -OCH3 is 1. The Morgan fingerprint density at radius 2 is 2.00 bits per heavy atom. The molecular weight excluding hydrogens is 462 g/mol. The van der Waals surface area contributed by atoms with Gasteiger partial charge in [0.1, 0.15) is 6.17 Å². The quantitative estimate of drug-likeness (QED) is 0.698. The minimum absolute atomic E-state index is 0.0707. The molecule has 2 aromatic rings. The fraction of sp³-hybridized carbons (Fsp3) is 0.391. The molecule has 3 atom stereocenters. The van der Waals surface area contributed by atoms with Gasteiger partial charge < -0.3 is 14.7 Å². The predicted octanol–water partition coefficient (Wildman–Crippen LogP) is 2.89. The normalized spacial score (nSPS) is 28.5. The smallest absolute Gasteiger partial charge is 0.415 e. The number of halogens is 1. The lowest BCUT2D eigenvalue weighted by Gasteiger charge is -2.46. The molecule has 3 heterocycles. The highest BCUT2D eigenvalue weighted by molar-refractivity contribution is 9.10. The second-order valence-electron chi connectivity index (χ2n) is 8.31. The summed E-state index contributed by atoms with van der Waals surface area (Å²) < 4.78 is 5.96. The van der Waals surface area contributed by atoms with Crippen LogP contribution in [0.4, 0.5) is 16.2 Å². The Balaban J connectivity index is 1.88. The summed E-state index contributed by atoms with van der Waals surface area (Å²) in [6.45, 7) is 0.478. The lowest BCUT2D eigenvalue weighted by Crippen LogP contribution is -2.62. The monoisotopic (exact) mass is 485 g/mol. The number of nitrogens with one attached hydrogen (secondary N) is 1. The topological polar surface area (TPSA) is 82.1 Å². The van der Waals surface area contributed by atoms with Gasteiger partial charge in [0.15, 0.2) is 0 Å². The number of hydrogen-bond acceptors (Lipinski definition) is 5. The van der Waals surface area contributed by atoms with Gasteiger partial charge in [-0.1, -0.05) is 40.2 Å². The molecule has 162 valence electrons. The Morgan fingerprint density at radius 3 is 2.74 bits per heavy atom. The highest BCUT2D eigenvalue weighted by Gasteiger charge is 2.71. The van der Waals surface area contributed by atoms with Crippen LogP contribution in [0, 0.1) is 0 Å². The number of fused-ring (bicyclic) bond motifs is 4. The number of nitrogens with zero attached hydrogens (tertiary/aromatic N) is 2. The van der Waals surface area contributed by atoms with Crippen molar-refractivity contribution in [3.8, 4) is 0 Å². The van der Waals surface area contributed by atoms with Crippen LogP contribution < -0.4 is 15.1 Å². The Labute approximate surface area is 189 Å². The van der Waals surface area contributed by atoms with Crippen LogP contribution in [-0.4, -0.2) is 50.6 Å². The van der Waals surface area contributed by atoms with Gasteiger partial charge in [-0.3, -0.25) is 15.0 Å². The van der Waals surface area contributed by atoms with Gasteiger partial charge in [0.05, 0.1) is 23.6 Å². The van der Waals surface area contributed by atoms with E-state index in [-0.39, 0.29) is 18.9 Å². The van der Waals surface area contributed by atoms with Gasteiger partial charge in [-0.15, -0.1) is 0 Å². The van der Waals surface area contributed by atoms with Crippen LogP contribution in [-0.2, 0) is 20.4 Å². The van der Waals surface area contributed by atoms with E-state index in [1.165, 1.54) is 7.11 Å². The summed E-state index contributed by atoms with van der Waals surface area (Å²) in [6.07, 6.45) is -0.0612. The first kappa shape index (κ1) is 20.5. The maximum atomic E-state index is 14.1. The molecule has 0 saturated carbocycles. The van der Waals surface area contributed by atoms with E-state index in [9.17, 15) is 14.7 Å². The van der Waals surface area contributed by atoms with Crippen LogP contribution in [0.25, 0.3) is 0 Å². The van der Waals surface area contributed by atoms with Crippen LogP contribution in [0.3, 0.4) is 0 Å². The summed E-state index contributed by atoms with van der Waals surface area (Å²) in [7, 11) is 3.14. The SMILES string of the molecule is COC(=O)N1c2ccccc2[C@@]2([C@]3(CCO)C(=O)N(C)c4cccc(Br)c43)CCN[C@@H]12. The van der Waals surface area contributed by atoms with Gasteiger partial charge in [-0.05, 0) is 43.1 Å². The van der Waals surface area contributed by atoms with Crippen molar-refractivity contribution in [1.82, 2.24) is 5.32 Å². The van der Waals surface area contributed by atoms with E-state index in [0.717, 1.165) is 27.0 Å². The summed E-state index contributed by atoms with van der Waals surface area (Å²) in [6, 6.07) is 13.5. The number of aliphatic hydroxyl groups excluding tert-OH is 1. The predicted molar refractivity (Wildman–Crippen MR) is 120 cm³/mol. The maximum absolute atomic E-state index is 14.1. The van der Waals surface area contributed by atoms with Crippen LogP contribution in [0.15, 0.2) is 46.9 Å². The molecule has 8 heteroatoms. The molecule has 2 amide bonds. The number of benzene rings is 2. The average Bonchev–Trinajstić information content (AvgIpc) is 3.39. The molecule has 0 bridgehead atoms. The lowest BCUT2D eigenvalue weighted by molar-refractivity contribution is -0.126. The molecule has 0 unspecified atom stereocenters. The van der Waals surface area contributed by atoms with Crippen molar-refractivity contribution >= 4 is 39.3 Å². The van der Waals surface area contributed by atoms with E-state index >= 15 is 0 Å². The zero-order valence-electron chi connectivity index (χ0n) is 17.4. The van der Waals surface area contributed by atoms with Crippen molar-refractivity contribution in [3.05, 3.63) is 58.1 Å². The van der Waals surface area contributed by atoms with E-state index in [2.05, 4.69) is 21.2 Å². The van der Waals surface area contributed by atoms with Gasteiger partial charge in [0.2, 0.25) is 5.91 Å². The first-order valence-electron chi connectivity index (χ1n) is 10.3. The van der Waals surface area contributed by atoms with Crippen LogP contribution in [0.2, 0.25) is 0 Å². The fourth-order valence-electron chi connectivity index (χ4n) is 6.24. The van der Waals surface area contributed by atoms with Gasteiger partial charge in [-0.2, -0.15) is 0 Å². The van der Waals surface area contributed by atoms with Gasteiger partial charge in [-0.25, -0.2) is 4.79 Å². The molecule has 0 radical (unpaired) electrons. The first-order valence-corrected chi connectivity index (χ1v) is 11.1. The van der Waals surface area contributed by atoms with Gasteiger partial charge in [0, 0.05) is 29.4 Å². The highest BCUT2D eigenvalue weighted by atomic mass is 79.9. The first-order chi connectivity index (χ1) is 15.0. The van der Waals surface area contributed by atoms with Crippen molar-refractivity contribution in [2.45, 2.75) is 29.8 Å². The van der Waals surface area contributed by atoms with E-state index in [4.69, 9.17) is 4.74 Å². The van der Waals surface area contributed by atoms with E-state index in [1.807, 2.05) is 42.5 Å². The number of para-hydroxylation sites is 1. The van der Waals surface area contributed by atoms with E-state index in [1.54, 1.807) is 16.8 Å². The average molecular weight is 486 g/mol. The Bertz CT molecular complexity index is 1090. The molecule has 2 N–H and O–H groups in total. The molecule has 3 aliphatic rings. The lowest BCUT2D eigenvalue weighted by atomic mass is 9.55. The van der Waals surface area contributed by atoms with Crippen molar-refractivity contribution in [3.63, 3.8) is 0 Å². The maximum Gasteiger partial charge on any atom is 0.415 e. The molecule has 7 nitrogen and oxygen atoms in total. The zero-order chi connectivity index (χ0) is 22.0. The molecule has 1 fully saturated rings. The molecule has 2 aromatic carbocycles. The van der Waals surface area contributed by atoms with Crippen LogP contribution in [0.1, 0.15) is 24.0 Å². The third kappa shape index (κ3) is 2.30. The second kappa shape index (κ2) is 7.05. The summed E-state index contributed by atoms with van der Waals surface area (Å²) in [5.74, 6) is -0.0707. The van der Waals surface area contributed by atoms with E-state index < -0.39 is 23.1 Å². The van der Waals surface area contributed by atoms with Crippen molar-refractivity contribution in [2.75, 3.05) is 37.1 Å². The number of hydrogen-bond donors (Lipinski definition) is 2. The highest BCUT2D eigenvalue weighted by Crippen LogP contribution is 2.64. The summed E-state index contributed by atoms with van der Waals surface area (Å²) in [5.41, 5.74) is 1.53. The number of rotatable bonds is 3. The van der Waals surface area contributed by atoms with Gasteiger partial charge in [0.25, 0.3) is 0 Å². The zero-order valence-corrected chi connectivity index (χ0v) is 19.0. The minimum Gasteiger partial charge on any atom is -0.452 e. The number of ether oxygens (including phenoxy) is 1. The summed E-state index contributed by atoms with van der Waals surface area (Å²) in [4.78, 5) is 30.4. The van der Waals surface area contributed by atoms with Crippen molar-refractivity contribution in [2.24, 2.45) is 0 Å². The molecule has 0 aliphatic carbocycles. The Kier molecular flexibility index (Phi) is 4.66. The molecule has 3 aliphatic heterocycles. The Hall–Kier alpha value is -2.42. The van der Waals surface area contributed by atoms with E-state index in [0.29, 0.717) is 13.0 Å². The Morgan fingerprint density at radius 1 is 1.26 bits per heavy atom. The summed E-state index contributed by atoms with van der Waals surface area (Å²) >= 11 is 3.70. The standard InChI is InChI=1S/C23H24BrN3O4/c1-26-17-9-5-7-15(24)18(17)23(11-13-28,20(26)29)22-10-12-25-19(22)27(21(30)31-2)16-8-4-3-6-14(16)22/h3-9,19,25,28H,10-13H2,1-2H3/t19-,22-,23-/m0/s1. The number of anilines is 2. The van der Waals surface area contributed by atoms with Gasteiger partial charge >= 0.3 is 6.09 Å². The number of amides is 2. The molecule has 5 rings (SSSR count). The van der Waals surface area contributed by atoms with Crippen LogP contribution >= 0.6 is 15.9 Å². The largest absolute Gasteiger partial charge is 0.452 e. The molecule has 0 spiro atoms. The molecule has 31 heavy (non-hydrogen) atoms. The number of carbonyl (C=O) groups is 2.